The summed E-state index contributed by atoms with van der Waals surface area (Å²) >= 11 is 0. The standard InChI is InChI=1S/C14H23N3O3/c1-4-14(13(18)19)5-7-17(8-6-14)9-11-15-12(10(2)3)16-20-11/h10H,4-9H2,1-3H3,(H,18,19). The van der Waals surface area contributed by atoms with Gasteiger partial charge in [-0.25, -0.2) is 0 Å². The van der Waals surface area contributed by atoms with Crippen molar-refractivity contribution < 1.29 is 14.4 Å². The number of carbonyl (C=O) groups is 1. The van der Waals surface area contributed by atoms with Crippen molar-refractivity contribution in [2.45, 2.75) is 52.5 Å². The van der Waals surface area contributed by atoms with E-state index in [0.29, 0.717) is 31.7 Å². The normalized spacial score (nSPS) is 19.4. The molecule has 0 saturated carbocycles. The Balaban J connectivity index is 1.92. The molecule has 1 aromatic heterocycles. The summed E-state index contributed by atoms with van der Waals surface area (Å²) in [6.45, 7) is 8.14. The molecule has 1 saturated heterocycles. The summed E-state index contributed by atoms with van der Waals surface area (Å²) in [4.78, 5) is 17.9. The Kier molecular flexibility index (Phi) is 4.42. The predicted octanol–water partition coefficient (Wildman–Crippen LogP) is 2.27. The first-order valence-electron chi connectivity index (χ1n) is 7.25. The largest absolute Gasteiger partial charge is 0.481 e. The van der Waals surface area contributed by atoms with Gasteiger partial charge in [-0.05, 0) is 32.4 Å². The van der Waals surface area contributed by atoms with Gasteiger partial charge in [0.2, 0.25) is 5.89 Å². The van der Waals surface area contributed by atoms with E-state index in [-0.39, 0.29) is 5.92 Å². The van der Waals surface area contributed by atoms with Gasteiger partial charge in [-0.2, -0.15) is 4.98 Å². The van der Waals surface area contributed by atoms with Gasteiger partial charge < -0.3 is 9.63 Å². The van der Waals surface area contributed by atoms with Crippen molar-refractivity contribution in [3.63, 3.8) is 0 Å². The maximum atomic E-state index is 11.4. The van der Waals surface area contributed by atoms with Gasteiger partial charge in [0.25, 0.3) is 0 Å². The molecule has 0 unspecified atom stereocenters. The lowest BCUT2D eigenvalue weighted by Gasteiger charge is -2.37. The number of hydrogen-bond acceptors (Lipinski definition) is 5. The molecule has 0 aliphatic carbocycles. The van der Waals surface area contributed by atoms with Crippen LogP contribution in [-0.2, 0) is 11.3 Å². The Morgan fingerprint density at radius 2 is 2.10 bits per heavy atom. The Morgan fingerprint density at radius 3 is 2.55 bits per heavy atom. The molecule has 2 heterocycles. The van der Waals surface area contributed by atoms with E-state index < -0.39 is 11.4 Å². The van der Waals surface area contributed by atoms with Gasteiger partial charge in [0.05, 0.1) is 12.0 Å². The minimum absolute atomic E-state index is 0.258. The van der Waals surface area contributed by atoms with Crippen LogP contribution in [0.1, 0.15) is 57.7 Å². The number of likely N-dealkylation sites (tertiary alicyclic amines) is 1. The molecule has 0 bridgehead atoms. The second-order valence-electron chi connectivity index (χ2n) is 5.92. The maximum absolute atomic E-state index is 11.4. The van der Waals surface area contributed by atoms with Gasteiger partial charge >= 0.3 is 5.97 Å². The van der Waals surface area contributed by atoms with Gasteiger partial charge in [-0.3, -0.25) is 9.69 Å². The van der Waals surface area contributed by atoms with Crippen LogP contribution in [0.2, 0.25) is 0 Å². The second kappa shape index (κ2) is 5.91. The number of rotatable bonds is 5. The van der Waals surface area contributed by atoms with Gasteiger partial charge in [0.1, 0.15) is 0 Å². The molecule has 0 aromatic carbocycles. The minimum atomic E-state index is -0.667. The first-order chi connectivity index (χ1) is 9.47. The third kappa shape index (κ3) is 3.00. The number of aliphatic carboxylic acids is 1. The van der Waals surface area contributed by atoms with Crippen LogP contribution in [0.5, 0.6) is 0 Å². The molecule has 0 spiro atoms. The highest BCUT2D eigenvalue weighted by molar-refractivity contribution is 5.74. The van der Waals surface area contributed by atoms with Crippen molar-refractivity contribution in [3.05, 3.63) is 11.7 Å². The van der Waals surface area contributed by atoms with E-state index in [1.807, 2.05) is 20.8 Å². The zero-order chi connectivity index (χ0) is 14.8. The first kappa shape index (κ1) is 15.0. The zero-order valence-corrected chi connectivity index (χ0v) is 12.4. The number of carboxylic acid groups (broad SMARTS) is 1. The van der Waals surface area contributed by atoms with Crippen molar-refractivity contribution in [1.82, 2.24) is 15.0 Å². The lowest BCUT2D eigenvalue weighted by Crippen LogP contribution is -2.43. The fraction of sp³-hybridized carbons (Fsp3) is 0.786. The molecule has 0 radical (unpaired) electrons. The van der Waals surface area contributed by atoms with E-state index in [1.165, 1.54) is 0 Å². The third-order valence-electron chi connectivity index (χ3n) is 4.30. The highest BCUT2D eigenvalue weighted by atomic mass is 16.5. The summed E-state index contributed by atoms with van der Waals surface area (Å²) in [6.07, 6.45) is 2.06. The third-order valence-corrected chi connectivity index (χ3v) is 4.30. The van der Waals surface area contributed by atoms with E-state index in [2.05, 4.69) is 15.0 Å². The average Bonchev–Trinajstić information content (AvgIpc) is 2.88. The summed E-state index contributed by atoms with van der Waals surface area (Å²) < 4.78 is 5.24. The monoisotopic (exact) mass is 281 g/mol. The molecule has 1 N–H and O–H groups in total. The summed E-state index contributed by atoms with van der Waals surface area (Å²) in [6, 6.07) is 0. The van der Waals surface area contributed by atoms with E-state index in [1.54, 1.807) is 0 Å². The lowest BCUT2D eigenvalue weighted by atomic mass is 9.76. The molecular formula is C14H23N3O3. The summed E-state index contributed by atoms with van der Waals surface area (Å²) in [7, 11) is 0. The molecule has 20 heavy (non-hydrogen) atoms. The van der Waals surface area contributed by atoms with Crippen molar-refractivity contribution >= 4 is 5.97 Å². The number of nitrogens with zero attached hydrogens (tertiary/aromatic N) is 3. The lowest BCUT2D eigenvalue weighted by molar-refractivity contribution is -0.152. The highest BCUT2D eigenvalue weighted by Gasteiger charge is 2.39. The molecule has 6 heteroatoms. The fourth-order valence-electron chi connectivity index (χ4n) is 2.62. The van der Waals surface area contributed by atoms with Gasteiger partial charge in [0.15, 0.2) is 5.82 Å². The van der Waals surface area contributed by atoms with Crippen LogP contribution in [0.25, 0.3) is 0 Å². The van der Waals surface area contributed by atoms with Crippen LogP contribution in [0.4, 0.5) is 0 Å². The van der Waals surface area contributed by atoms with Crippen molar-refractivity contribution in [1.29, 1.82) is 0 Å². The zero-order valence-electron chi connectivity index (χ0n) is 12.4. The fourth-order valence-corrected chi connectivity index (χ4v) is 2.62. The molecule has 1 aromatic rings. The molecule has 112 valence electrons. The van der Waals surface area contributed by atoms with Crippen molar-refractivity contribution in [2.24, 2.45) is 5.41 Å². The van der Waals surface area contributed by atoms with Gasteiger partial charge in [0, 0.05) is 5.92 Å². The molecule has 0 atom stereocenters. The van der Waals surface area contributed by atoms with E-state index in [4.69, 9.17) is 4.52 Å². The van der Waals surface area contributed by atoms with E-state index >= 15 is 0 Å². The number of hydrogen-bond donors (Lipinski definition) is 1. The smallest absolute Gasteiger partial charge is 0.309 e. The number of aromatic nitrogens is 2. The molecule has 6 nitrogen and oxygen atoms in total. The quantitative estimate of drug-likeness (QED) is 0.892. The molecular weight excluding hydrogens is 258 g/mol. The average molecular weight is 281 g/mol. The molecule has 1 fully saturated rings. The minimum Gasteiger partial charge on any atom is -0.481 e. The highest BCUT2D eigenvalue weighted by Crippen LogP contribution is 2.35. The van der Waals surface area contributed by atoms with E-state index in [9.17, 15) is 9.90 Å². The van der Waals surface area contributed by atoms with Crippen LogP contribution in [0, 0.1) is 5.41 Å². The Labute approximate surface area is 119 Å². The van der Waals surface area contributed by atoms with Crippen LogP contribution in [-0.4, -0.2) is 39.2 Å². The Bertz CT molecular complexity index is 462. The molecule has 1 aliphatic rings. The molecule has 0 amide bonds. The van der Waals surface area contributed by atoms with Gasteiger partial charge in [-0.15, -0.1) is 0 Å². The Hall–Kier alpha value is -1.43. The van der Waals surface area contributed by atoms with Crippen LogP contribution in [0.3, 0.4) is 0 Å². The topological polar surface area (TPSA) is 79.5 Å². The van der Waals surface area contributed by atoms with E-state index in [0.717, 1.165) is 18.9 Å². The summed E-state index contributed by atoms with van der Waals surface area (Å²) in [5, 5.41) is 13.3. The Morgan fingerprint density at radius 1 is 1.45 bits per heavy atom. The number of carboxylic acids is 1. The van der Waals surface area contributed by atoms with Crippen LogP contribution >= 0.6 is 0 Å². The summed E-state index contributed by atoms with van der Waals surface area (Å²) in [5.74, 6) is 0.937. The van der Waals surface area contributed by atoms with Gasteiger partial charge in [-0.1, -0.05) is 25.9 Å². The first-order valence-corrected chi connectivity index (χ1v) is 7.25. The second-order valence-corrected chi connectivity index (χ2v) is 5.92. The maximum Gasteiger partial charge on any atom is 0.309 e. The van der Waals surface area contributed by atoms with Crippen molar-refractivity contribution in [2.75, 3.05) is 13.1 Å². The van der Waals surface area contributed by atoms with Crippen molar-refractivity contribution in [3.8, 4) is 0 Å². The van der Waals surface area contributed by atoms with Crippen LogP contribution < -0.4 is 0 Å². The summed E-state index contributed by atoms with van der Waals surface area (Å²) in [5.41, 5.74) is -0.547. The molecule has 2 rings (SSSR count). The number of piperidine rings is 1. The van der Waals surface area contributed by atoms with Crippen LogP contribution in [0.15, 0.2) is 4.52 Å². The SMILES string of the molecule is CCC1(C(=O)O)CCN(Cc2nc(C(C)C)no2)CC1. The molecule has 1 aliphatic heterocycles. The predicted molar refractivity (Wildman–Crippen MR) is 73.3 cm³/mol.